The van der Waals surface area contributed by atoms with Crippen molar-refractivity contribution in [2.45, 2.75) is 25.9 Å². The van der Waals surface area contributed by atoms with E-state index in [4.69, 9.17) is 21.1 Å². The van der Waals surface area contributed by atoms with Gasteiger partial charge in [0.1, 0.15) is 13.2 Å². The van der Waals surface area contributed by atoms with E-state index in [-0.39, 0.29) is 17.4 Å². The van der Waals surface area contributed by atoms with E-state index in [9.17, 15) is 14.4 Å². The van der Waals surface area contributed by atoms with E-state index in [1.807, 2.05) is 30.3 Å². The second kappa shape index (κ2) is 11.5. The number of carbonyl (C=O) groups excluding carboxylic acids is 3. The van der Waals surface area contributed by atoms with Crippen LogP contribution in [0.4, 0.5) is 4.79 Å². The standard InChI is InChI=1S/C29H27ClN2O5S/c1-36-24-15-20(14-23(30)27(24)37-18-19-9-10-21-7-3-4-8-22(21)13-19)16-25-28(34)32(29(35)38-25)17-26(33)31-11-5-2-6-12-31/h3-4,7-10,13-16H,2,5-6,11-12,17-18H2,1H3/b25-16-. The van der Waals surface area contributed by atoms with E-state index in [1.165, 1.54) is 7.11 Å². The van der Waals surface area contributed by atoms with Gasteiger partial charge in [-0.25, -0.2) is 0 Å². The minimum absolute atomic E-state index is 0.203. The average molecular weight is 551 g/mol. The molecule has 0 N–H and O–H groups in total. The highest BCUT2D eigenvalue weighted by molar-refractivity contribution is 8.18. The molecule has 2 fully saturated rings. The lowest BCUT2D eigenvalue weighted by molar-refractivity contribution is -0.136. The summed E-state index contributed by atoms with van der Waals surface area (Å²) in [5.74, 6) is 0.103. The van der Waals surface area contributed by atoms with Crippen LogP contribution >= 0.6 is 23.4 Å². The number of likely N-dealkylation sites (tertiary alicyclic amines) is 1. The molecule has 3 aromatic carbocycles. The van der Waals surface area contributed by atoms with Gasteiger partial charge in [-0.2, -0.15) is 0 Å². The van der Waals surface area contributed by atoms with Crippen molar-refractivity contribution >= 4 is 57.3 Å². The number of benzene rings is 3. The topological polar surface area (TPSA) is 76.2 Å². The Balaban J connectivity index is 1.30. The van der Waals surface area contributed by atoms with Gasteiger partial charge in [-0.15, -0.1) is 0 Å². The molecule has 2 saturated heterocycles. The molecule has 2 heterocycles. The van der Waals surface area contributed by atoms with Gasteiger partial charge in [0.2, 0.25) is 5.91 Å². The Hall–Kier alpha value is -3.49. The molecule has 0 aromatic heterocycles. The highest BCUT2D eigenvalue weighted by atomic mass is 35.5. The number of hydrogen-bond acceptors (Lipinski definition) is 6. The zero-order valence-electron chi connectivity index (χ0n) is 20.9. The third-order valence-corrected chi connectivity index (χ3v) is 7.81. The lowest BCUT2D eigenvalue weighted by Crippen LogP contribution is -2.44. The molecular weight excluding hydrogens is 524 g/mol. The lowest BCUT2D eigenvalue weighted by Gasteiger charge is -2.27. The fourth-order valence-corrected chi connectivity index (χ4v) is 5.73. The molecule has 0 bridgehead atoms. The van der Waals surface area contributed by atoms with E-state index in [0.717, 1.165) is 52.3 Å². The molecule has 2 aliphatic rings. The number of thioether (sulfide) groups is 1. The molecule has 0 spiro atoms. The zero-order chi connectivity index (χ0) is 26.6. The summed E-state index contributed by atoms with van der Waals surface area (Å²) in [6, 6.07) is 17.6. The van der Waals surface area contributed by atoms with E-state index in [2.05, 4.69) is 12.1 Å². The molecule has 0 aliphatic carbocycles. The van der Waals surface area contributed by atoms with Crippen molar-refractivity contribution in [1.29, 1.82) is 0 Å². The Morgan fingerprint density at radius 3 is 2.55 bits per heavy atom. The fraction of sp³-hybridized carbons (Fsp3) is 0.276. The maximum absolute atomic E-state index is 13.0. The summed E-state index contributed by atoms with van der Waals surface area (Å²) in [4.78, 5) is 41.0. The molecule has 38 heavy (non-hydrogen) atoms. The molecule has 3 amide bonds. The van der Waals surface area contributed by atoms with Crippen LogP contribution in [0.3, 0.4) is 0 Å². The summed E-state index contributed by atoms with van der Waals surface area (Å²) in [6.07, 6.45) is 4.56. The molecule has 0 atom stereocenters. The van der Waals surface area contributed by atoms with Crippen LogP contribution in [0.15, 0.2) is 59.5 Å². The molecule has 0 saturated carbocycles. The van der Waals surface area contributed by atoms with Gasteiger partial charge in [0.05, 0.1) is 17.0 Å². The highest BCUT2D eigenvalue weighted by Gasteiger charge is 2.37. The van der Waals surface area contributed by atoms with Crippen LogP contribution in [0.1, 0.15) is 30.4 Å². The van der Waals surface area contributed by atoms with Gasteiger partial charge in [-0.05, 0) is 77.2 Å². The Morgan fingerprint density at radius 2 is 1.79 bits per heavy atom. The van der Waals surface area contributed by atoms with Gasteiger partial charge >= 0.3 is 0 Å². The van der Waals surface area contributed by atoms with Gasteiger partial charge in [-0.3, -0.25) is 19.3 Å². The smallest absolute Gasteiger partial charge is 0.294 e. The number of carbonyl (C=O) groups is 3. The second-order valence-corrected chi connectivity index (χ2v) is 10.6. The monoisotopic (exact) mass is 550 g/mol. The largest absolute Gasteiger partial charge is 0.493 e. The van der Waals surface area contributed by atoms with Crippen LogP contribution < -0.4 is 9.47 Å². The summed E-state index contributed by atoms with van der Waals surface area (Å²) < 4.78 is 11.5. The summed E-state index contributed by atoms with van der Waals surface area (Å²) in [5, 5.41) is 2.13. The van der Waals surface area contributed by atoms with Crippen molar-refractivity contribution in [3.8, 4) is 11.5 Å². The van der Waals surface area contributed by atoms with E-state index in [0.29, 0.717) is 41.8 Å². The minimum Gasteiger partial charge on any atom is -0.493 e. The summed E-state index contributed by atoms with van der Waals surface area (Å²) in [6.45, 7) is 1.38. The maximum atomic E-state index is 13.0. The van der Waals surface area contributed by atoms with Gasteiger partial charge in [0, 0.05) is 13.1 Å². The van der Waals surface area contributed by atoms with Gasteiger partial charge in [0.15, 0.2) is 11.5 Å². The van der Waals surface area contributed by atoms with E-state index in [1.54, 1.807) is 23.1 Å². The van der Waals surface area contributed by atoms with Crippen molar-refractivity contribution in [3.05, 3.63) is 75.7 Å². The molecule has 0 radical (unpaired) electrons. The number of amides is 3. The normalized spacial score (nSPS) is 16.9. The third-order valence-electron chi connectivity index (χ3n) is 6.62. The van der Waals surface area contributed by atoms with Crippen LogP contribution in [-0.2, 0) is 16.2 Å². The molecule has 9 heteroatoms. The first kappa shape index (κ1) is 26.1. The van der Waals surface area contributed by atoms with Crippen molar-refractivity contribution < 1.29 is 23.9 Å². The molecule has 0 unspecified atom stereocenters. The molecule has 5 rings (SSSR count). The Labute approximate surface area is 230 Å². The predicted octanol–water partition coefficient (Wildman–Crippen LogP) is 6.13. The Morgan fingerprint density at radius 1 is 1.03 bits per heavy atom. The Kier molecular flexibility index (Phi) is 7.90. The third kappa shape index (κ3) is 5.66. The van der Waals surface area contributed by atoms with Gasteiger partial charge in [0.25, 0.3) is 11.1 Å². The number of rotatable bonds is 7. The first-order valence-electron chi connectivity index (χ1n) is 12.4. The van der Waals surface area contributed by atoms with Gasteiger partial charge in [-0.1, -0.05) is 48.0 Å². The molecule has 7 nitrogen and oxygen atoms in total. The number of piperidine rings is 1. The number of halogens is 1. The first-order chi connectivity index (χ1) is 18.4. The average Bonchev–Trinajstić information content (AvgIpc) is 3.19. The SMILES string of the molecule is COc1cc(/C=C2\SC(=O)N(CC(=O)N3CCCCC3)C2=O)cc(Cl)c1OCc1ccc2ccccc2c1. The summed E-state index contributed by atoms with van der Waals surface area (Å²) >= 11 is 7.36. The van der Waals surface area contributed by atoms with Crippen molar-refractivity contribution in [1.82, 2.24) is 9.80 Å². The lowest BCUT2D eigenvalue weighted by atomic mass is 10.1. The number of methoxy groups -OCH3 is 1. The number of imide groups is 1. The first-order valence-corrected chi connectivity index (χ1v) is 13.6. The number of ether oxygens (including phenoxy) is 2. The molecular formula is C29H27ClN2O5S. The summed E-state index contributed by atoms with van der Waals surface area (Å²) in [5.41, 5.74) is 1.57. The fourth-order valence-electron chi connectivity index (χ4n) is 4.61. The van der Waals surface area contributed by atoms with Gasteiger partial charge < -0.3 is 14.4 Å². The molecule has 3 aromatic rings. The molecule has 196 valence electrons. The number of fused-ring (bicyclic) bond motifs is 1. The van der Waals surface area contributed by atoms with Crippen LogP contribution in [-0.4, -0.2) is 53.6 Å². The van der Waals surface area contributed by atoms with Crippen molar-refractivity contribution in [3.63, 3.8) is 0 Å². The number of nitrogens with zero attached hydrogens (tertiary/aromatic N) is 2. The molecule has 2 aliphatic heterocycles. The Bertz CT molecular complexity index is 1430. The van der Waals surface area contributed by atoms with Crippen LogP contribution in [0, 0.1) is 0 Å². The van der Waals surface area contributed by atoms with Crippen LogP contribution in [0.25, 0.3) is 16.8 Å². The number of hydrogen-bond donors (Lipinski definition) is 0. The van der Waals surface area contributed by atoms with Crippen LogP contribution in [0.2, 0.25) is 5.02 Å². The van der Waals surface area contributed by atoms with Crippen molar-refractivity contribution in [2.24, 2.45) is 0 Å². The van der Waals surface area contributed by atoms with E-state index < -0.39 is 11.1 Å². The van der Waals surface area contributed by atoms with Crippen molar-refractivity contribution in [2.75, 3.05) is 26.7 Å². The predicted molar refractivity (Wildman–Crippen MR) is 149 cm³/mol. The second-order valence-electron chi connectivity index (χ2n) is 9.21. The highest BCUT2D eigenvalue weighted by Crippen LogP contribution is 2.39. The minimum atomic E-state index is -0.489. The maximum Gasteiger partial charge on any atom is 0.294 e. The van der Waals surface area contributed by atoms with E-state index >= 15 is 0 Å². The quantitative estimate of drug-likeness (QED) is 0.329. The summed E-state index contributed by atoms with van der Waals surface area (Å²) in [7, 11) is 1.51. The zero-order valence-corrected chi connectivity index (χ0v) is 22.5. The van der Waals surface area contributed by atoms with Crippen LogP contribution in [0.5, 0.6) is 11.5 Å².